The van der Waals surface area contributed by atoms with Gasteiger partial charge in [-0.1, -0.05) is 23.9 Å². The number of rotatable bonds is 7. The summed E-state index contributed by atoms with van der Waals surface area (Å²) < 4.78 is 52.5. The van der Waals surface area contributed by atoms with Crippen LogP contribution in [0.25, 0.3) is 0 Å². The molecule has 0 aliphatic carbocycles. The van der Waals surface area contributed by atoms with Crippen LogP contribution < -0.4 is 5.73 Å². The minimum Gasteiger partial charge on any atom is -0.394 e. The lowest BCUT2D eigenvalue weighted by Crippen LogP contribution is -2.40. The molecule has 2 aromatic rings. The van der Waals surface area contributed by atoms with E-state index >= 15 is 0 Å². The smallest absolute Gasteiger partial charge is 0.394 e. The molecule has 0 aliphatic rings. The molecular weight excluding hydrogens is 366 g/mol. The quantitative estimate of drug-likeness (QED) is 0.655. The maximum Gasteiger partial charge on any atom is 0.416 e. The van der Waals surface area contributed by atoms with Crippen LogP contribution in [0.3, 0.4) is 0 Å². The van der Waals surface area contributed by atoms with Gasteiger partial charge in [0.1, 0.15) is 5.82 Å². The minimum atomic E-state index is -4.41. The average molecular weight is 387 g/mol. The third-order valence-electron chi connectivity index (χ3n) is 3.98. The van der Waals surface area contributed by atoms with Gasteiger partial charge in [0.05, 0.1) is 12.2 Å². The van der Waals surface area contributed by atoms with Gasteiger partial charge in [-0.2, -0.15) is 13.2 Å². The number of hydrogen-bond donors (Lipinski definition) is 2. The lowest BCUT2D eigenvalue weighted by atomic mass is 9.95. The first kappa shape index (κ1) is 20.7. The summed E-state index contributed by atoms with van der Waals surface area (Å²) in [6.07, 6.45) is -2.74. The number of hydrogen-bond acceptors (Lipinski definition) is 3. The summed E-state index contributed by atoms with van der Waals surface area (Å²) in [5, 5.41) is 9.12. The Morgan fingerprint density at radius 1 is 1.08 bits per heavy atom. The molecule has 0 aromatic heterocycles. The van der Waals surface area contributed by atoms with Crippen LogP contribution in [0, 0.1) is 5.82 Å². The highest BCUT2D eigenvalue weighted by Crippen LogP contribution is 2.34. The van der Waals surface area contributed by atoms with Crippen molar-refractivity contribution in [2.75, 3.05) is 6.61 Å². The molecule has 2 nitrogen and oxygen atoms in total. The van der Waals surface area contributed by atoms with Crippen molar-refractivity contribution in [1.82, 2.24) is 0 Å². The monoisotopic (exact) mass is 387 g/mol. The fourth-order valence-electron chi connectivity index (χ4n) is 2.43. The summed E-state index contributed by atoms with van der Waals surface area (Å²) in [5.41, 5.74) is 4.95. The van der Waals surface area contributed by atoms with Gasteiger partial charge in [-0.15, -0.1) is 0 Å². The van der Waals surface area contributed by atoms with E-state index in [2.05, 4.69) is 0 Å². The first-order chi connectivity index (χ1) is 12.1. The van der Waals surface area contributed by atoms with Crippen LogP contribution in [0.5, 0.6) is 0 Å². The lowest BCUT2D eigenvalue weighted by molar-refractivity contribution is -0.137. The molecule has 0 heterocycles. The van der Waals surface area contributed by atoms with Crippen LogP contribution in [0.4, 0.5) is 17.6 Å². The summed E-state index contributed by atoms with van der Waals surface area (Å²) in [5.74, 6) is -0.398. The predicted molar refractivity (Wildman–Crippen MR) is 94.6 cm³/mol. The SMILES string of the molecule is CC(N)(CO)CCCc1ccc(Sc2cccc(C(F)(F)F)c2)cc1F. The molecule has 26 heavy (non-hydrogen) atoms. The van der Waals surface area contributed by atoms with Gasteiger partial charge in [-0.25, -0.2) is 4.39 Å². The molecule has 0 aliphatic heterocycles. The number of alkyl halides is 3. The second kappa shape index (κ2) is 8.41. The van der Waals surface area contributed by atoms with Crippen LogP contribution in [0.15, 0.2) is 52.3 Å². The molecule has 0 bridgehead atoms. The van der Waals surface area contributed by atoms with Crippen LogP contribution in [0.1, 0.15) is 30.9 Å². The topological polar surface area (TPSA) is 46.2 Å². The van der Waals surface area contributed by atoms with Crippen molar-refractivity contribution in [2.45, 2.75) is 47.7 Å². The highest BCUT2D eigenvalue weighted by Gasteiger charge is 2.30. The Labute approximate surface area is 154 Å². The zero-order valence-electron chi connectivity index (χ0n) is 14.3. The number of halogens is 4. The van der Waals surface area contributed by atoms with Gasteiger partial charge in [0.25, 0.3) is 0 Å². The molecular formula is C19H21F4NOS. The molecule has 0 saturated heterocycles. The summed E-state index contributed by atoms with van der Waals surface area (Å²) in [4.78, 5) is 0.929. The Kier molecular flexibility index (Phi) is 6.71. The number of aryl methyl sites for hydroxylation is 1. The molecule has 3 N–H and O–H groups in total. The Bertz CT molecular complexity index is 747. The third-order valence-corrected chi connectivity index (χ3v) is 4.96. The van der Waals surface area contributed by atoms with Crippen molar-refractivity contribution in [3.05, 3.63) is 59.4 Å². The van der Waals surface area contributed by atoms with Crippen molar-refractivity contribution >= 4 is 11.8 Å². The fourth-order valence-corrected chi connectivity index (χ4v) is 3.33. The molecule has 1 atom stereocenters. The van der Waals surface area contributed by atoms with E-state index < -0.39 is 23.1 Å². The lowest BCUT2D eigenvalue weighted by Gasteiger charge is -2.21. The first-order valence-corrected chi connectivity index (χ1v) is 8.96. The maximum absolute atomic E-state index is 14.2. The van der Waals surface area contributed by atoms with Crippen molar-refractivity contribution in [1.29, 1.82) is 0 Å². The van der Waals surface area contributed by atoms with E-state index in [0.29, 0.717) is 34.6 Å². The number of nitrogens with two attached hydrogens (primary N) is 1. The van der Waals surface area contributed by atoms with Gasteiger partial charge < -0.3 is 10.8 Å². The summed E-state index contributed by atoms with van der Waals surface area (Å²) in [7, 11) is 0. The van der Waals surface area contributed by atoms with Gasteiger partial charge in [0, 0.05) is 15.3 Å². The number of aliphatic hydroxyl groups excluding tert-OH is 1. The zero-order chi connectivity index (χ0) is 19.4. The Morgan fingerprint density at radius 2 is 1.77 bits per heavy atom. The van der Waals surface area contributed by atoms with E-state index in [1.54, 1.807) is 25.1 Å². The first-order valence-electron chi connectivity index (χ1n) is 8.14. The molecule has 1 unspecified atom stereocenters. The second-order valence-electron chi connectivity index (χ2n) is 6.55. The van der Waals surface area contributed by atoms with E-state index in [9.17, 15) is 17.6 Å². The average Bonchev–Trinajstić information content (AvgIpc) is 2.56. The maximum atomic E-state index is 14.2. The molecule has 2 aromatic carbocycles. The molecule has 0 saturated carbocycles. The molecule has 0 fully saturated rings. The highest BCUT2D eigenvalue weighted by atomic mass is 32.2. The third kappa shape index (κ3) is 6.00. The largest absolute Gasteiger partial charge is 0.416 e. The van der Waals surface area contributed by atoms with Gasteiger partial charge >= 0.3 is 6.18 Å². The molecule has 0 radical (unpaired) electrons. The van der Waals surface area contributed by atoms with E-state index in [0.717, 1.165) is 23.9 Å². The molecule has 142 valence electrons. The summed E-state index contributed by atoms with van der Waals surface area (Å²) >= 11 is 1.08. The van der Waals surface area contributed by atoms with Crippen molar-refractivity contribution in [3.63, 3.8) is 0 Å². The fraction of sp³-hybridized carbons (Fsp3) is 0.368. The normalized spacial score (nSPS) is 14.3. The number of benzene rings is 2. The van der Waals surface area contributed by atoms with Crippen LogP contribution in [-0.2, 0) is 12.6 Å². The van der Waals surface area contributed by atoms with Gasteiger partial charge in [0.2, 0.25) is 0 Å². The van der Waals surface area contributed by atoms with Crippen LogP contribution in [-0.4, -0.2) is 17.3 Å². The predicted octanol–water partition coefficient (Wildman–Crippen LogP) is 5.03. The summed E-state index contributed by atoms with van der Waals surface area (Å²) in [6.45, 7) is 1.60. The second-order valence-corrected chi connectivity index (χ2v) is 7.69. The van der Waals surface area contributed by atoms with E-state index in [1.807, 2.05) is 0 Å². The molecule has 0 spiro atoms. The van der Waals surface area contributed by atoms with Crippen molar-refractivity contribution < 1.29 is 22.7 Å². The highest BCUT2D eigenvalue weighted by molar-refractivity contribution is 7.99. The summed E-state index contributed by atoms with van der Waals surface area (Å²) in [6, 6.07) is 9.60. The zero-order valence-corrected chi connectivity index (χ0v) is 15.1. The van der Waals surface area contributed by atoms with Crippen molar-refractivity contribution in [3.8, 4) is 0 Å². The molecule has 2 rings (SSSR count). The van der Waals surface area contributed by atoms with Crippen LogP contribution in [0.2, 0.25) is 0 Å². The van der Waals surface area contributed by atoms with E-state index in [4.69, 9.17) is 10.8 Å². The minimum absolute atomic E-state index is 0.137. The van der Waals surface area contributed by atoms with Crippen LogP contribution >= 0.6 is 11.8 Å². The number of aliphatic hydroxyl groups is 1. The van der Waals surface area contributed by atoms with Gasteiger partial charge in [-0.05, 0) is 62.1 Å². The molecule has 0 amide bonds. The Morgan fingerprint density at radius 3 is 2.38 bits per heavy atom. The van der Waals surface area contributed by atoms with Gasteiger partial charge in [0.15, 0.2) is 0 Å². The van der Waals surface area contributed by atoms with E-state index in [-0.39, 0.29) is 6.61 Å². The Balaban J connectivity index is 2.03. The van der Waals surface area contributed by atoms with E-state index in [1.165, 1.54) is 12.1 Å². The van der Waals surface area contributed by atoms with Gasteiger partial charge in [-0.3, -0.25) is 0 Å². The Hall–Kier alpha value is -1.57. The van der Waals surface area contributed by atoms with Crippen molar-refractivity contribution in [2.24, 2.45) is 5.73 Å². The molecule has 7 heteroatoms. The standard InChI is InChI=1S/C19H21F4NOS/c1-18(24,12-25)9-3-4-13-7-8-16(11-17(13)20)26-15-6-2-5-14(10-15)19(21,22)23/h2,5-8,10-11,25H,3-4,9,12,24H2,1H3.